The molecule has 0 unspecified atom stereocenters. The maximum Gasteiger partial charge on any atom is 0.326 e. The third-order valence-corrected chi connectivity index (χ3v) is 5.09. The molecular formula is C15H14BrN3O2S. The van der Waals surface area contributed by atoms with Crippen LogP contribution in [0.4, 0.5) is 0 Å². The number of halogens is 1. The number of benzene rings is 1. The summed E-state index contributed by atoms with van der Waals surface area (Å²) in [5.74, 6) is -0.0751. The molecule has 0 saturated carbocycles. The zero-order chi connectivity index (χ0) is 15.9. The highest BCUT2D eigenvalue weighted by Crippen LogP contribution is 2.22. The van der Waals surface area contributed by atoms with Crippen LogP contribution in [0.1, 0.15) is 15.9 Å². The summed E-state index contributed by atoms with van der Waals surface area (Å²) in [5.41, 5.74) is 2.92. The van der Waals surface area contributed by atoms with Gasteiger partial charge in [-0.3, -0.25) is 9.36 Å². The number of H-pyrrole nitrogens is 1. The van der Waals surface area contributed by atoms with Gasteiger partial charge in [-0.15, -0.1) is 11.3 Å². The van der Waals surface area contributed by atoms with Crippen LogP contribution in [0.3, 0.4) is 0 Å². The number of aromatic amines is 1. The maximum absolute atomic E-state index is 12.5. The lowest BCUT2D eigenvalue weighted by Crippen LogP contribution is -2.25. The van der Waals surface area contributed by atoms with Gasteiger partial charge in [-0.2, -0.15) is 0 Å². The van der Waals surface area contributed by atoms with E-state index in [-0.39, 0.29) is 11.6 Å². The van der Waals surface area contributed by atoms with Crippen LogP contribution in [-0.4, -0.2) is 27.4 Å². The molecule has 0 atom stereocenters. The normalized spacial score (nSPS) is 11.0. The van der Waals surface area contributed by atoms with Gasteiger partial charge in [0.2, 0.25) is 0 Å². The van der Waals surface area contributed by atoms with Crippen molar-refractivity contribution in [2.45, 2.75) is 6.54 Å². The molecule has 3 rings (SSSR count). The van der Waals surface area contributed by atoms with Crippen LogP contribution in [-0.2, 0) is 13.6 Å². The van der Waals surface area contributed by atoms with Crippen molar-refractivity contribution in [1.82, 2.24) is 14.5 Å². The van der Waals surface area contributed by atoms with Gasteiger partial charge in [-0.25, -0.2) is 4.79 Å². The lowest BCUT2D eigenvalue weighted by molar-refractivity contribution is 0.0785. The number of thiophene rings is 1. The molecule has 5 nitrogen and oxygen atoms in total. The SMILES string of the molecule is CN(Cc1csc(Br)c1)C(=O)c1ccc2c(c1)[nH]c(=O)n2C. The summed E-state index contributed by atoms with van der Waals surface area (Å²) >= 11 is 5.02. The van der Waals surface area contributed by atoms with Crippen LogP contribution in [0.5, 0.6) is 0 Å². The minimum Gasteiger partial charge on any atom is -0.337 e. The second-order valence-corrected chi connectivity index (χ2v) is 7.43. The highest BCUT2D eigenvalue weighted by atomic mass is 79.9. The molecule has 0 aliphatic rings. The Balaban J connectivity index is 1.86. The Labute approximate surface area is 139 Å². The van der Waals surface area contributed by atoms with Crippen LogP contribution in [0.25, 0.3) is 11.0 Å². The average molecular weight is 380 g/mol. The monoisotopic (exact) mass is 379 g/mol. The molecule has 0 radical (unpaired) electrons. The summed E-state index contributed by atoms with van der Waals surface area (Å²) in [6.07, 6.45) is 0. The predicted molar refractivity (Wildman–Crippen MR) is 91.4 cm³/mol. The Kier molecular flexibility index (Phi) is 3.92. The molecule has 2 aromatic heterocycles. The molecule has 0 spiro atoms. The molecule has 114 valence electrons. The molecule has 1 amide bonds. The Hall–Kier alpha value is -1.86. The van der Waals surface area contributed by atoms with Crippen molar-refractivity contribution in [2.24, 2.45) is 7.05 Å². The quantitative estimate of drug-likeness (QED) is 0.760. The van der Waals surface area contributed by atoms with Crippen molar-refractivity contribution in [3.8, 4) is 0 Å². The van der Waals surface area contributed by atoms with E-state index in [1.54, 1.807) is 48.5 Å². The molecular weight excluding hydrogens is 366 g/mol. The van der Waals surface area contributed by atoms with Gasteiger partial charge in [0.15, 0.2) is 0 Å². The molecule has 2 heterocycles. The van der Waals surface area contributed by atoms with Gasteiger partial charge in [-0.1, -0.05) is 0 Å². The van der Waals surface area contributed by atoms with Crippen molar-refractivity contribution in [1.29, 1.82) is 0 Å². The number of carbonyl (C=O) groups is 1. The minimum absolute atomic E-state index is 0.0751. The lowest BCUT2D eigenvalue weighted by atomic mass is 10.1. The van der Waals surface area contributed by atoms with E-state index in [1.807, 2.05) is 11.4 Å². The molecule has 1 aromatic carbocycles. The highest BCUT2D eigenvalue weighted by Gasteiger charge is 2.14. The zero-order valence-corrected chi connectivity index (χ0v) is 14.5. The number of carbonyl (C=O) groups excluding carboxylic acids is 1. The van der Waals surface area contributed by atoms with Gasteiger partial charge < -0.3 is 9.88 Å². The number of hydrogen-bond acceptors (Lipinski definition) is 3. The number of nitrogens with zero attached hydrogens (tertiary/aromatic N) is 2. The van der Waals surface area contributed by atoms with E-state index < -0.39 is 0 Å². The van der Waals surface area contributed by atoms with E-state index in [1.165, 1.54) is 4.57 Å². The number of aromatic nitrogens is 2. The first-order valence-corrected chi connectivity index (χ1v) is 8.30. The van der Waals surface area contributed by atoms with Crippen molar-refractivity contribution >= 4 is 44.2 Å². The lowest BCUT2D eigenvalue weighted by Gasteiger charge is -2.16. The fourth-order valence-electron chi connectivity index (χ4n) is 2.36. The van der Waals surface area contributed by atoms with E-state index in [0.717, 1.165) is 14.9 Å². The fourth-order valence-corrected chi connectivity index (χ4v) is 3.57. The van der Waals surface area contributed by atoms with Crippen LogP contribution >= 0.6 is 27.3 Å². The molecule has 0 aliphatic heterocycles. The summed E-state index contributed by atoms with van der Waals surface area (Å²) in [6.45, 7) is 0.546. The van der Waals surface area contributed by atoms with E-state index in [4.69, 9.17) is 0 Å². The van der Waals surface area contributed by atoms with Gasteiger partial charge in [0, 0.05) is 26.2 Å². The molecule has 22 heavy (non-hydrogen) atoms. The van der Waals surface area contributed by atoms with E-state index >= 15 is 0 Å². The van der Waals surface area contributed by atoms with Gasteiger partial charge >= 0.3 is 5.69 Å². The number of rotatable bonds is 3. The van der Waals surface area contributed by atoms with Crippen molar-refractivity contribution in [3.63, 3.8) is 0 Å². The minimum atomic E-state index is -0.184. The molecule has 0 aliphatic carbocycles. The van der Waals surface area contributed by atoms with Gasteiger partial charge in [0.1, 0.15) is 0 Å². The Morgan fingerprint density at radius 2 is 2.18 bits per heavy atom. The summed E-state index contributed by atoms with van der Waals surface area (Å²) < 4.78 is 2.57. The van der Waals surface area contributed by atoms with Gasteiger partial charge in [-0.05, 0) is 51.1 Å². The Morgan fingerprint density at radius 3 is 2.86 bits per heavy atom. The largest absolute Gasteiger partial charge is 0.337 e. The molecule has 0 fully saturated rings. The second-order valence-electron chi connectivity index (χ2n) is 5.14. The van der Waals surface area contributed by atoms with Gasteiger partial charge in [0.25, 0.3) is 5.91 Å². The number of hydrogen-bond donors (Lipinski definition) is 1. The first-order valence-electron chi connectivity index (χ1n) is 6.63. The van der Waals surface area contributed by atoms with Crippen molar-refractivity contribution in [2.75, 3.05) is 7.05 Å². The van der Waals surface area contributed by atoms with Crippen LogP contribution in [0, 0.1) is 0 Å². The maximum atomic E-state index is 12.5. The first kappa shape index (κ1) is 15.1. The number of fused-ring (bicyclic) bond motifs is 1. The van der Waals surface area contributed by atoms with E-state index in [2.05, 4.69) is 20.9 Å². The third-order valence-electron chi connectivity index (χ3n) is 3.54. The summed E-state index contributed by atoms with van der Waals surface area (Å²) in [7, 11) is 3.47. The van der Waals surface area contributed by atoms with Crippen LogP contribution in [0.2, 0.25) is 0 Å². The molecule has 1 N–H and O–H groups in total. The first-order chi connectivity index (χ1) is 10.5. The number of imidazole rings is 1. The number of amides is 1. The average Bonchev–Trinajstić information content (AvgIpc) is 3.02. The molecule has 7 heteroatoms. The van der Waals surface area contributed by atoms with Crippen molar-refractivity contribution in [3.05, 3.63) is 55.0 Å². The molecule has 3 aromatic rings. The fraction of sp³-hybridized carbons (Fsp3) is 0.200. The van der Waals surface area contributed by atoms with E-state index in [0.29, 0.717) is 17.6 Å². The molecule has 0 bridgehead atoms. The van der Waals surface area contributed by atoms with Crippen LogP contribution in [0.15, 0.2) is 38.2 Å². The summed E-state index contributed by atoms with van der Waals surface area (Å²) in [6, 6.07) is 7.26. The number of aryl methyl sites for hydroxylation is 1. The summed E-state index contributed by atoms with van der Waals surface area (Å²) in [4.78, 5) is 28.5. The summed E-state index contributed by atoms with van der Waals surface area (Å²) in [5, 5.41) is 2.02. The standard InChI is InChI=1S/C15H14BrN3O2S/c1-18(7-9-5-13(16)22-8-9)14(20)10-3-4-12-11(6-10)17-15(21)19(12)2/h3-6,8H,7H2,1-2H3,(H,17,21). The van der Waals surface area contributed by atoms with E-state index in [9.17, 15) is 9.59 Å². The number of nitrogens with one attached hydrogen (secondary N) is 1. The van der Waals surface area contributed by atoms with Crippen LogP contribution < -0.4 is 5.69 Å². The smallest absolute Gasteiger partial charge is 0.326 e. The Morgan fingerprint density at radius 1 is 1.41 bits per heavy atom. The molecule has 0 saturated heterocycles. The van der Waals surface area contributed by atoms with Gasteiger partial charge in [0.05, 0.1) is 14.8 Å². The third kappa shape index (κ3) is 2.74. The highest BCUT2D eigenvalue weighted by molar-refractivity contribution is 9.11. The predicted octanol–water partition coefficient (Wildman–Crippen LogP) is 2.96. The zero-order valence-electron chi connectivity index (χ0n) is 12.1. The Bertz CT molecular complexity index is 909. The topological polar surface area (TPSA) is 58.1 Å². The second kappa shape index (κ2) is 5.73. The van der Waals surface area contributed by atoms with Crippen molar-refractivity contribution < 1.29 is 4.79 Å².